The summed E-state index contributed by atoms with van der Waals surface area (Å²) in [4.78, 5) is 28.9. The lowest BCUT2D eigenvalue weighted by molar-refractivity contribution is -0.132. The molecule has 5 nitrogen and oxygen atoms in total. The van der Waals surface area contributed by atoms with E-state index in [1.165, 1.54) is 22.3 Å². The summed E-state index contributed by atoms with van der Waals surface area (Å²) in [5.41, 5.74) is -0.497. The summed E-state index contributed by atoms with van der Waals surface area (Å²) in [7, 11) is 1.57. The number of nitrogens with zero attached hydrogens (tertiary/aromatic N) is 2. The fraction of sp³-hybridized carbons (Fsp3) is 0.462. The van der Waals surface area contributed by atoms with Crippen LogP contribution in [0.3, 0.4) is 0 Å². The van der Waals surface area contributed by atoms with Crippen LogP contribution in [-0.4, -0.2) is 35.3 Å². The Kier molecular flexibility index (Phi) is 5.23. The lowest BCUT2D eigenvalue weighted by Gasteiger charge is -2.28. The van der Waals surface area contributed by atoms with Gasteiger partial charge in [-0.1, -0.05) is 13.5 Å². The third-order valence-electron chi connectivity index (χ3n) is 2.96. The van der Waals surface area contributed by atoms with Crippen LogP contribution in [0.1, 0.15) is 25.3 Å². The SMILES string of the molecule is C=CC(=O)N(C)CC(=O)NC(C)(CC)c1nccs1. The first-order valence-corrected chi connectivity index (χ1v) is 6.89. The zero-order chi connectivity index (χ0) is 14.5. The molecule has 0 aliphatic heterocycles. The highest BCUT2D eigenvalue weighted by molar-refractivity contribution is 7.09. The van der Waals surface area contributed by atoms with Crippen LogP contribution in [-0.2, 0) is 15.1 Å². The zero-order valence-corrected chi connectivity index (χ0v) is 12.3. The minimum Gasteiger partial charge on any atom is -0.343 e. The van der Waals surface area contributed by atoms with Crippen molar-refractivity contribution in [2.45, 2.75) is 25.8 Å². The molecule has 19 heavy (non-hydrogen) atoms. The molecule has 2 amide bonds. The number of carbonyl (C=O) groups excluding carboxylic acids is 2. The van der Waals surface area contributed by atoms with E-state index < -0.39 is 5.54 Å². The standard InChI is InChI=1S/C13H19N3O2S/c1-5-11(18)16(4)9-10(17)15-13(3,6-2)12-14-7-8-19-12/h5,7-8H,1,6,9H2,2-4H3,(H,15,17). The Morgan fingerprint density at radius 1 is 1.63 bits per heavy atom. The normalized spacial score (nSPS) is 13.4. The first-order chi connectivity index (χ1) is 8.92. The van der Waals surface area contributed by atoms with Crippen molar-refractivity contribution in [1.82, 2.24) is 15.2 Å². The Labute approximate surface area is 117 Å². The molecule has 0 saturated heterocycles. The Balaban J connectivity index is 2.69. The fourth-order valence-corrected chi connectivity index (χ4v) is 2.41. The molecule has 1 heterocycles. The summed E-state index contributed by atoms with van der Waals surface area (Å²) in [5.74, 6) is -0.486. The minimum atomic E-state index is -0.497. The van der Waals surface area contributed by atoms with Gasteiger partial charge in [-0.2, -0.15) is 0 Å². The van der Waals surface area contributed by atoms with Gasteiger partial charge in [0.05, 0.1) is 12.1 Å². The van der Waals surface area contributed by atoms with E-state index in [1.54, 1.807) is 13.2 Å². The Bertz CT molecular complexity index is 458. The summed E-state index contributed by atoms with van der Waals surface area (Å²) >= 11 is 1.50. The Morgan fingerprint density at radius 3 is 2.79 bits per heavy atom. The van der Waals surface area contributed by atoms with Gasteiger partial charge in [0.1, 0.15) is 5.01 Å². The molecule has 1 atom stereocenters. The Morgan fingerprint density at radius 2 is 2.32 bits per heavy atom. The molecule has 0 aliphatic rings. The maximum absolute atomic E-state index is 12.0. The van der Waals surface area contributed by atoms with Crippen LogP contribution in [0.2, 0.25) is 0 Å². The highest BCUT2D eigenvalue weighted by atomic mass is 32.1. The topological polar surface area (TPSA) is 62.3 Å². The van der Waals surface area contributed by atoms with Gasteiger partial charge in [-0.25, -0.2) is 4.98 Å². The average Bonchev–Trinajstić information content (AvgIpc) is 2.91. The van der Waals surface area contributed by atoms with Crippen molar-refractivity contribution in [2.75, 3.05) is 13.6 Å². The van der Waals surface area contributed by atoms with Crippen LogP contribution in [0.5, 0.6) is 0 Å². The quantitative estimate of drug-likeness (QED) is 0.804. The second-order valence-corrected chi connectivity index (χ2v) is 5.36. The van der Waals surface area contributed by atoms with Gasteiger partial charge in [-0.05, 0) is 19.4 Å². The van der Waals surface area contributed by atoms with E-state index in [2.05, 4.69) is 16.9 Å². The smallest absolute Gasteiger partial charge is 0.246 e. The molecule has 6 heteroatoms. The summed E-state index contributed by atoms with van der Waals surface area (Å²) in [5, 5.41) is 5.68. The van der Waals surface area contributed by atoms with Crippen molar-refractivity contribution in [1.29, 1.82) is 0 Å². The van der Waals surface area contributed by atoms with Gasteiger partial charge in [-0.15, -0.1) is 11.3 Å². The van der Waals surface area contributed by atoms with E-state index in [1.807, 2.05) is 19.2 Å². The third kappa shape index (κ3) is 3.89. The van der Waals surface area contributed by atoms with Crippen molar-refractivity contribution in [3.05, 3.63) is 29.2 Å². The lowest BCUT2D eigenvalue weighted by Crippen LogP contribution is -2.47. The third-order valence-corrected chi connectivity index (χ3v) is 4.00. The number of rotatable bonds is 6. The molecule has 0 aliphatic carbocycles. The number of likely N-dealkylation sites (N-methyl/N-ethyl adjacent to an activating group) is 1. The molecular weight excluding hydrogens is 262 g/mol. The molecule has 0 fully saturated rings. The van der Waals surface area contributed by atoms with Crippen LogP contribution < -0.4 is 5.32 Å². The number of thiazole rings is 1. The number of hydrogen-bond acceptors (Lipinski definition) is 4. The first kappa shape index (κ1) is 15.4. The van der Waals surface area contributed by atoms with Gasteiger partial charge in [-0.3, -0.25) is 9.59 Å². The predicted octanol–water partition coefficient (Wildman–Crippen LogP) is 1.53. The molecule has 0 radical (unpaired) electrons. The van der Waals surface area contributed by atoms with Crippen molar-refractivity contribution in [3.63, 3.8) is 0 Å². The van der Waals surface area contributed by atoms with Gasteiger partial charge in [0.15, 0.2) is 0 Å². The predicted molar refractivity (Wildman–Crippen MR) is 75.7 cm³/mol. The lowest BCUT2D eigenvalue weighted by atomic mass is 10.00. The number of aromatic nitrogens is 1. The number of hydrogen-bond donors (Lipinski definition) is 1. The molecule has 1 aromatic heterocycles. The van der Waals surface area contributed by atoms with E-state index in [4.69, 9.17) is 0 Å². The molecule has 1 N–H and O–H groups in total. The number of nitrogens with one attached hydrogen (secondary N) is 1. The monoisotopic (exact) mass is 281 g/mol. The molecule has 0 saturated carbocycles. The minimum absolute atomic E-state index is 0.00577. The molecule has 1 aromatic rings. The van der Waals surface area contributed by atoms with Crippen molar-refractivity contribution in [3.8, 4) is 0 Å². The maximum atomic E-state index is 12.0. The molecule has 0 aromatic carbocycles. The van der Waals surface area contributed by atoms with Gasteiger partial charge >= 0.3 is 0 Å². The second kappa shape index (κ2) is 6.47. The summed E-state index contributed by atoms with van der Waals surface area (Å²) in [6, 6.07) is 0. The molecule has 0 spiro atoms. The average molecular weight is 281 g/mol. The molecule has 0 bridgehead atoms. The Hall–Kier alpha value is -1.69. The largest absolute Gasteiger partial charge is 0.343 e. The number of amides is 2. The molecule has 104 valence electrons. The van der Waals surface area contributed by atoms with Gasteiger partial charge < -0.3 is 10.2 Å². The van der Waals surface area contributed by atoms with E-state index in [0.29, 0.717) is 0 Å². The van der Waals surface area contributed by atoms with Gasteiger partial charge in [0.2, 0.25) is 11.8 Å². The van der Waals surface area contributed by atoms with Crippen LogP contribution in [0.4, 0.5) is 0 Å². The van der Waals surface area contributed by atoms with Crippen LogP contribution >= 0.6 is 11.3 Å². The van der Waals surface area contributed by atoms with Crippen LogP contribution in [0.15, 0.2) is 24.2 Å². The maximum Gasteiger partial charge on any atom is 0.246 e. The van der Waals surface area contributed by atoms with Crippen molar-refractivity contribution >= 4 is 23.2 Å². The van der Waals surface area contributed by atoms with Crippen LogP contribution in [0.25, 0.3) is 0 Å². The number of carbonyl (C=O) groups is 2. The van der Waals surface area contributed by atoms with E-state index in [0.717, 1.165) is 11.4 Å². The van der Waals surface area contributed by atoms with Crippen LogP contribution in [0, 0.1) is 0 Å². The van der Waals surface area contributed by atoms with E-state index in [9.17, 15) is 9.59 Å². The summed E-state index contributed by atoms with van der Waals surface area (Å²) in [6.45, 7) is 7.31. The van der Waals surface area contributed by atoms with Crippen molar-refractivity contribution < 1.29 is 9.59 Å². The van der Waals surface area contributed by atoms with E-state index in [-0.39, 0.29) is 18.4 Å². The van der Waals surface area contributed by atoms with E-state index >= 15 is 0 Å². The highest BCUT2D eigenvalue weighted by Crippen LogP contribution is 2.25. The molecule has 1 rings (SSSR count). The van der Waals surface area contributed by atoms with Gasteiger partial charge in [0, 0.05) is 18.6 Å². The van der Waals surface area contributed by atoms with Gasteiger partial charge in [0.25, 0.3) is 0 Å². The summed E-state index contributed by atoms with van der Waals surface area (Å²) < 4.78 is 0. The molecule has 1 unspecified atom stereocenters. The fourth-order valence-electron chi connectivity index (χ4n) is 1.59. The first-order valence-electron chi connectivity index (χ1n) is 6.01. The molecular formula is C13H19N3O2S. The highest BCUT2D eigenvalue weighted by Gasteiger charge is 2.29. The second-order valence-electron chi connectivity index (χ2n) is 4.47. The summed E-state index contributed by atoms with van der Waals surface area (Å²) in [6.07, 6.45) is 3.63. The van der Waals surface area contributed by atoms with Crippen molar-refractivity contribution in [2.24, 2.45) is 0 Å². The zero-order valence-electron chi connectivity index (χ0n) is 11.5.